The van der Waals surface area contributed by atoms with Crippen LogP contribution in [0, 0.1) is 0 Å². The third kappa shape index (κ3) is 3.53. The number of halogens is 1. The molecule has 3 nitrogen and oxygen atoms in total. The number of hydrogen-bond acceptors (Lipinski definition) is 3. The second-order valence-corrected chi connectivity index (χ2v) is 9.16. The van der Waals surface area contributed by atoms with Gasteiger partial charge in [-0.1, -0.05) is 78.9 Å². The minimum absolute atomic E-state index is 0.218. The van der Waals surface area contributed by atoms with Crippen molar-refractivity contribution < 1.29 is 4.42 Å². The summed E-state index contributed by atoms with van der Waals surface area (Å²) in [4.78, 5) is 9.11. The molecule has 2 aromatic heterocycles. The number of para-hydroxylation sites is 1. The molecule has 0 saturated carbocycles. The molecule has 0 radical (unpaired) electrons. The van der Waals surface area contributed by atoms with Crippen LogP contribution in [-0.4, -0.2) is 9.97 Å². The first-order valence-electron chi connectivity index (χ1n) is 11.8. The van der Waals surface area contributed by atoms with E-state index in [2.05, 4.69) is 88.8 Å². The zero-order chi connectivity index (χ0) is 24.1. The van der Waals surface area contributed by atoms with Crippen molar-refractivity contribution in [3.8, 4) is 33.6 Å². The summed E-state index contributed by atoms with van der Waals surface area (Å²) in [5.74, 6) is 0. The van der Waals surface area contributed by atoms with Gasteiger partial charge in [-0.15, -0.1) is 0 Å². The van der Waals surface area contributed by atoms with Crippen LogP contribution < -0.4 is 0 Å². The van der Waals surface area contributed by atoms with Crippen molar-refractivity contribution in [2.45, 2.75) is 0 Å². The van der Waals surface area contributed by atoms with E-state index in [0.29, 0.717) is 0 Å². The number of fused-ring (bicyclic) bond motifs is 4. The van der Waals surface area contributed by atoms with Crippen LogP contribution in [-0.2, 0) is 0 Å². The fourth-order valence-electron chi connectivity index (χ4n) is 4.92. The minimum Gasteiger partial charge on any atom is -0.456 e. The van der Waals surface area contributed by atoms with Gasteiger partial charge in [0.25, 0.3) is 0 Å². The van der Waals surface area contributed by atoms with Crippen LogP contribution in [0.5, 0.6) is 0 Å². The highest BCUT2D eigenvalue weighted by atomic mass is 35.5. The van der Waals surface area contributed by atoms with Crippen molar-refractivity contribution in [1.29, 1.82) is 0 Å². The molecule has 0 saturated heterocycles. The quantitative estimate of drug-likeness (QED) is 0.235. The lowest BCUT2D eigenvalue weighted by atomic mass is 9.96. The summed E-state index contributed by atoms with van der Waals surface area (Å²) in [6.07, 6.45) is 0. The lowest BCUT2D eigenvalue weighted by Crippen LogP contribution is -1.92. The Morgan fingerprint density at radius 1 is 0.500 bits per heavy atom. The van der Waals surface area contributed by atoms with Crippen LogP contribution in [0.15, 0.2) is 120 Å². The normalized spacial score (nSPS) is 11.5. The molecule has 5 aromatic carbocycles. The Kier molecular flexibility index (Phi) is 4.83. The zero-order valence-electron chi connectivity index (χ0n) is 19.2. The van der Waals surface area contributed by atoms with Gasteiger partial charge in [0.1, 0.15) is 11.2 Å². The molecule has 0 amide bonds. The van der Waals surface area contributed by atoms with Gasteiger partial charge in [0.05, 0.1) is 11.4 Å². The molecule has 0 aliphatic rings. The van der Waals surface area contributed by atoms with E-state index in [1.807, 2.05) is 36.4 Å². The first-order valence-corrected chi connectivity index (χ1v) is 12.2. The number of aromatic nitrogens is 2. The van der Waals surface area contributed by atoms with Crippen molar-refractivity contribution in [2.75, 3.05) is 0 Å². The second kappa shape index (κ2) is 8.33. The molecule has 0 fully saturated rings. The largest absolute Gasteiger partial charge is 0.456 e. The molecule has 2 heterocycles. The molecule has 36 heavy (non-hydrogen) atoms. The lowest BCUT2D eigenvalue weighted by Gasteiger charge is -2.10. The van der Waals surface area contributed by atoms with E-state index in [1.54, 1.807) is 0 Å². The first kappa shape index (κ1) is 20.9. The van der Waals surface area contributed by atoms with Crippen LogP contribution in [0.3, 0.4) is 0 Å². The maximum absolute atomic E-state index is 6.44. The maximum Gasteiger partial charge on any atom is 0.223 e. The van der Waals surface area contributed by atoms with Crippen LogP contribution in [0.4, 0.5) is 0 Å². The summed E-state index contributed by atoms with van der Waals surface area (Å²) in [6.45, 7) is 0. The summed E-state index contributed by atoms with van der Waals surface area (Å²) in [5, 5.41) is 4.79. The van der Waals surface area contributed by atoms with Gasteiger partial charge in [-0.25, -0.2) is 9.97 Å². The Morgan fingerprint density at radius 3 is 2.06 bits per heavy atom. The number of nitrogens with zero attached hydrogens (tertiary/aromatic N) is 2. The van der Waals surface area contributed by atoms with E-state index in [9.17, 15) is 0 Å². The summed E-state index contributed by atoms with van der Waals surface area (Å²) in [6, 6.07) is 39.4. The first-order chi connectivity index (χ1) is 17.7. The summed E-state index contributed by atoms with van der Waals surface area (Å²) in [7, 11) is 0. The van der Waals surface area contributed by atoms with Crippen molar-refractivity contribution >= 4 is 44.3 Å². The lowest BCUT2D eigenvalue weighted by molar-refractivity contribution is 0.669. The van der Waals surface area contributed by atoms with Crippen LogP contribution in [0.2, 0.25) is 5.28 Å². The number of furan rings is 1. The highest BCUT2D eigenvalue weighted by Gasteiger charge is 2.12. The monoisotopic (exact) mass is 482 g/mol. The zero-order valence-corrected chi connectivity index (χ0v) is 19.9. The SMILES string of the molecule is Clc1nc(-c2cccc(-c3cccc4ccccc34)c2)cc(-c2ccc3oc4ccccc4c3c2)n1. The Labute approximate surface area is 212 Å². The Bertz CT molecular complexity index is 1920. The predicted molar refractivity (Wildman–Crippen MR) is 148 cm³/mol. The van der Waals surface area contributed by atoms with Crippen LogP contribution in [0.25, 0.3) is 66.4 Å². The number of benzene rings is 5. The number of rotatable bonds is 3. The van der Waals surface area contributed by atoms with Crippen LogP contribution >= 0.6 is 11.6 Å². The Balaban J connectivity index is 1.34. The van der Waals surface area contributed by atoms with Crippen molar-refractivity contribution in [2.24, 2.45) is 0 Å². The van der Waals surface area contributed by atoms with Gasteiger partial charge < -0.3 is 4.42 Å². The van der Waals surface area contributed by atoms with E-state index >= 15 is 0 Å². The molecular weight excluding hydrogens is 464 g/mol. The fourth-order valence-corrected chi connectivity index (χ4v) is 5.10. The molecule has 0 aliphatic carbocycles. The maximum atomic E-state index is 6.44. The average Bonchev–Trinajstić information content (AvgIpc) is 3.30. The molecule has 0 aliphatic heterocycles. The smallest absolute Gasteiger partial charge is 0.223 e. The molecule has 4 heteroatoms. The molecule has 7 rings (SSSR count). The minimum atomic E-state index is 0.218. The van der Waals surface area contributed by atoms with Crippen molar-refractivity contribution in [3.05, 3.63) is 121 Å². The van der Waals surface area contributed by atoms with Gasteiger partial charge in [0.15, 0.2) is 0 Å². The second-order valence-electron chi connectivity index (χ2n) is 8.82. The standard InChI is InChI=1S/C32H19ClN2O/c33-32-34-28(22-10-5-9-21(17-22)25-13-6-8-20-7-1-2-11-24(20)25)19-29(35-32)23-15-16-31-27(18-23)26-12-3-4-14-30(26)36-31/h1-19H. The summed E-state index contributed by atoms with van der Waals surface area (Å²) < 4.78 is 5.99. The van der Waals surface area contributed by atoms with Crippen LogP contribution in [0.1, 0.15) is 0 Å². The van der Waals surface area contributed by atoms with Gasteiger partial charge in [-0.3, -0.25) is 0 Å². The molecule has 0 atom stereocenters. The third-order valence-electron chi connectivity index (χ3n) is 6.63. The highest BCUT2D eigenvalue weighted by molar-refractivity contribution is 6.28. The van der Waals surface area contributed by atoms with E-state index in [1.165, 1.54) is 16.3 Å². The Hall–Kier alpha value is -4.47. The van der Waals surface area contributed by atoms with Gasteiger partial charge in [0.2, 0.25) is 5.28 Å². The van der Waals surface area contributed by atoms with Crippen molar-refractivity contribution in [3.63, 3.8) is 0 Å². The average molecular weight is 483 g/mol. The molecule has 0 spiro atoms. The molecular formula is C32H19ClN2O. The summed E-state index contributed by atoms with van der Waals surface area (Å²) >= 11 is 6.44. The molecule has 7 aromatic rings. The molecule has 0 bridgehead atoms. The Morgan fingerprint density at radius 2 is 1.17 bits per heavy atom. The van der Waals surface area contributed by atoms with Crippen molar-refractivity contribution in [1.82, 2.24) is 9.97 Å². The van der Waals surface area contributed by atoms with Gasteiger partial charge in [-0.2, -0.15) is 0 Å². The molecule has 170 valence electrons. The van der Waals surface area contributed by atoms with E-state index in [0.717, 1.165) is 50.0 Å². The highest BCUT2D eigenvalue weighted by Crippen LogP contribution is 2.35. The fraction of sp³-hybridized carbons (Fsp3) is 0. The van der Waals surface area contributed by atoms with E-state index < -0.39 is 0 Å². The van der Waals surface area contributed by atoms with Gasteiger partial charge >= 0.3 is 0 Å². The van der Waals surface area contributed by atoms with E-state index in [-0.39, 0.29) is 5.28 Å². The molecule has 0 unspecified atom stereocenters. The van der Waals surface area contributed by atoms with Gasteiger partial charge in [0, 0.05) is 21.9 Å². The van der Waals surface area contributed by atoms with Gasteiger partial charge in [-0.05, 0) is 69.9 Å². The molecule has 0 N–H and O–H groups in total. The topological polar surface area (TPSA) is 38.9 Å². The number of hydrogen-bond donors (Lipinski definition) is 0. The summed E-state index contributed by atoms with van der Waals surface area (Å²) in [5.41, 5.74) is 7.54. The predicted octanol–water partition coefficient (Wildman–Crippen LogP) is 9.18. The van der Waals surface area contributed by atoms with E-state index in [4.69, 9.17) is 16.0 Å². The third-order valence-corrected chi connectivity index (χ3v) is 6.80.